The summed E-state index contributed by atoms with van der Waals surface area (Å²) < 4.78 is 11.7. The number of halogens is 1. The first kappa shape index (κ1) is 16.5. The Hall–Kier alpha value is -0.580. The minimum Gasteiger partial charge on any atom is -0.496 e. The zero-order valence-electron chi connectivity index (χ0n) is 12.0. The molecular weight excluding hydrogens is 308 g/mol. The van der Waals surface area contributed by atoms with E-state index in [1.165, 1.54) is 0 Å². The summed E-state index contributed by atoms with van der Waals surface area (Å²) in [4.78, 5) is 0. The standard InChI is InChI=1S/C15H23BrO3/c1-5-19-15(10(2)3)13(17)9-11-6-7-14(18-4)12(16)8-11/h6-8,10,13,15,17H,5,9H2,1-4H3. The van der Waals surface area contributed by atoms with E-state index in [4.69, 9.17) is 9.47 Å². The molecule has 19 heavy (non-hydrogen) atoms. The molecule has 3 nitrogen and oxygen atoms in total. The maximum Gasteiger partial charge on any atom is 0.133 e. The fraction of sp³-hybridized carbons (Fsp3) is 0.600. The number of aliphatic hydroxyl groups is 1. The number of ether oxygens (including phenoxy) is 2. The predicted octanol–water partition coefficient (Wildman–Crippen LogP) is 3.42. The normalized spacial score (nSPS) is 14.5. The van der Waals surface area contributed by atoms with Gasteiger partial charge < -0.3 is 14.6 Å². The Bertz CT molecular complexity index is 393. The van der Waals surface area contributed by atoms with Crippen LogP contribution < -0.4 is 4.74 Å². The molecule has 0 heterocycles. The van der Waals surface area contributed by atoms with Crippen LogP contribution in [0.25, 0.3) is 0 Å². The van der Waals surface area contributed by atoms with E-state index in [-0.39, 0.29) is 12.0 Å². The summed E-state index contributed by atoms with van der Waals surface area (Å²) in [6.45, 7) is 6.69. The second kappa shape index (κ2) is 7.88. The molecule has 108 valence electrons. The molecule has 0 aliphatic heterocycles. The topological polar surface area (TPSA) is 38.7 Å². The van der Waals surface area contributed by atoms with Gasteiger partial charge in [0, 0.05) is 13.0 Å². The fourth-order valence-corrected chi connectivity index (χ4v) is 2.72. The van der Waals surface area contributed by atoms with Crippen molar-refractivity contribution >= 4 is 15.9 Å². The molecular formula is C15H23BrO3. The lowest BCUT2D eigenvalue weighted by Gasteiger charge is -2.26. The van der Waals surface area contributed by atoms with Crippen molar-refractivity contribution in [3.05, 3.63) is 28.2 Å². The molecule has 1 rings (SSSR count). The highest BCUT2D eigenvalue weighted by atomic mass is 79.9. The molecule has 2 unspecified atom stereocenters. The Morgan fingerprint density at radius 2 is 2.00 bits per heavy atom. The van der Waals surface area contributed by atoms with Crippen LogP contribution in [0.2, 0.25) is 0 Å². The molecule has 0 spiro atoms. The maximum absolute atomic E-state index is 10.3. The van der Waals surface area contributed by atoms with Gasteiger partial charge in [-0.1, -0.05) is 19.9 Å². The SMILES string of the molecule is CCOC(C(C)C)C(O)Cc1ccc(OC)c(Br)c1. The van der Waals surface area contributed by atoms with Gasteiger partial charge in [-0.15, -0.1) is 0 Å². The first-order chi connectivity index (χ1) is 8.99. The highest BCUT2D eigenvalue weighted by Gasteiger charge is 2.23. The van der Waals surface area contributed by atoms with E-state index in [1.54, 1.807) is 7.11 Å². The lowest BCUT2D eigenvalue weighted by atomic mass is 9.96. The molecule has 0 amide bonds. The number of hydrogen-bond acceptors (Lipinski definition) is 3. The van der Waals surface area contributed by atoms with Gasteiger partial charge in [-0.2, -0.15) is 0 Å². The molecule has 0 saturated carbocycles. The number of benzene rings is 1. The van der Waals surface area contributed by atoms with Crippen molar-refractivity contribution < 1.29 is 14.6 Å². The number of rotatable bonds is 7. The zero-order chi connectivity index (χ0) is 14.4. The molecule has 0 fully saturated rings. The molecule has 4 heteroatoms. The highest BCUT2D eigenvalue weighted by molar-refractivity contribution is 9.10. The van der Waals surface area contributed by atoms with E-state index in [0.717, 1.165) is 15.8 Å². The Kier molecular flexibility index (Phi) is 6.83. The summed E-state index contributed by atoms with van der Waals surface area (Å²) >= 11 is 3.46. The lowest BCUT2D eigenvalue weighted by molar-refractivity contribution is -0.0562. The summed E-state index contributed by atoms with van der Waals surface area (Å²) in [6, 6.07) is 5.85. The van der Waals surface area contributed by atoms with Crippen molar-refractivity contribution in [3.8, 4) is 5.75 Å². The fourth-order valence-electron chi connectivity index (χ4n) is 2.13. The quantitative estimate of drug-likeness (QED) is 0.832. The highest BCUT2D eigenvalue weighted by Crippen LogP contribution is 2.26. The molecule has 0 bridgehead atoms. The lowest BCUT2D eigenvalue weighted by Crippen LogP contribution is -2.35. The van der Waals surface area contributed by atoms with E-state index in [2.05, 4.69) is 29.8 Å². The molecule has 2 atom stereocenters. The summed E-state index contributed by atoms with van der Waals surface area (Å²) in [5.74, 6) is 1.08. The molecule has 0 aromatic heterocycles. The zero-order valence-corrected chi connectivity index (χ0v) is 13.6. The van der Waals surface area contributed by atoms with Crippen LogP contribution in [0.3, 0.4) is 0 Å². The molecule has 0 radical (unpaired) electrons. The second-order valence-corrected chi connectivity index (χ2v) is 5.76. The van der Waals surface area contributed by atoms with Crippen LogP contribution >= 0.6 is 15.9 Å². The van der Waals surface area contributed by atoms with Crippen LogP contribution in [-0.4, -0.2) is 31.0 Å². The first-order valence-electron chi connectivity index (χ1n) is 6.61. The third-order valence-electron chi connectivity index (χ3n) is 3.06. The number of aliphatic hydroxyl groups excluding tert-OH is 1. The van der Waals surface area contributed by atoms with Crippen LogP contribution in [0.4, 0.5) is 0 Å². The van der Waals surface area contributed by atoms with Crippen LogP contribution in [-0.2, 0) is 11.2 Å². The Labute approximate surface area is 124 Å². The van der Waals surface area contributed by atoms with Crippen LogP contribution in [0.5, 0.6) is 5.75 Å². The third-order valence-corrected chi connectivity index (χ3v) is 3.68. The second-order valence-electron chi connectivity index (χ2n) is 4.90. The average Bonchev–Trinajstić information content (AvgIpc) is 2.35. The van der Waals surface area contributed by atoms with Gasteiger partial charge in [0.25, 0.3) is 0 Å². The van der Waals surface area contributed by atoms with Gasteiger partial charge in [0.1, 0.15) is 5.75 Å². The minimum absolute atomic E-state index is 0.133. The molecule has 1 N–H and O–H groups in total. The molecule has 1 aromatic rings. The molecule has 0 aliphatic carbocycles. The van der Waals surface area contributed by atoms with E-state index in [9.17, 15) is 5.11 Å². The molecule has 0 aliphatic rings. The monoisotopic (exact) mass is 330 g/mol. The van der Waals surface area contributed by atoms with Gasteiger partial charge in [0.05, 0.1) is 23.8 Å². The van der Waals surface area contributed by atoms with Crippen LogP contribution in [0.15, 0.2) is 22.7 Å². The van der Waals surface area contributed by atoms with Crippen LogP contribution in [0, 0.1) is 5.92 Å². The van der Waals surface area contributed by atoms with Gasteiger partial charge in [-0.25, -0.2) is 0 Å². The summed E-state index contributed by atoms with van der Waals surface area (Å²) in [7, 11) is 1.64. The Morgan fingerprint density at radius 1 is 1.32 bits per heavy atom. The van der Waals surface area contributed by atoms with Gasteiger partial charge in [0.2, 0.25) is 0 Å². The van der Waals surface area contributed by atoms with Crippen molar-refractivity contribution in [2.45, 2.75) is 39.4 Å². The minimum atomic E-state index is -0.500. The summed E-state index contributed by atoms with van der Waals surface area (Å²) in [5, 5.41) is 10.3. The van der Waals surface area contributed by atoms with E-state index in [1.807, 2.05) is 25.1 Å². The van der Waals surface area contributed by atoms with Crippen molar-refractivity contribution in [1.82, 2.24) is 0 Å². The van der Waals surface area contributed by atoms with Gasteiger partial charge >= 0.3 is 0 Å². The van der Waals surface area contributed by atoms with E-state index >= 15 is 0 Å². The first-order valence-corrected chi connectivity index (χ1v) is 7.41. The smallest absolute Gasteiger partial charge is 0.133 e. The van der Waals surface area contributed by atoms with E-state index < -0.39 is 6.10 Å². The Morgan fingerprint density at radius 3 is 2.47 bits per heavy atom. The average molecular weight is 331 g/mol. The van der Waals surface area contributed by atoms with Crippen molar-refractivity contribution in [2.24, 2.45) is 5.92 Å². The summed E-state index contributed by atoms with van der Waals surface area (Å²) in [5.41, 5.74) is 1.06. The van der Waals surface area contributed by atoms with Gasteiger partial charge in [-0.05, 0) is 46.5 Å². The molecule has 1 aromatic carbocycles. The summed E-state index contributed by atoms with van der Waals surface area (Å²) in [6.07, 6.45) is -0.0584. The third kappa shape index (κ3) is 4.79. The number of methoxy groups -OCH3 is 1. The Balaban J connectivity index is 2.74. The van der Waals surface area contributed by atoms with Gasteiger partial charge in [-0.3, -0.25) is 0 Å². The van der Waals surface area contributed by atoms with Gasteiger partial charge in [0.15, 0.2) is 0 Å². The van der Waals surface area contributed by atoms with Crippen LogP contribution in [0.1, 0.15) is 26.3 Å². The van der Waals surface area contributed by atoms with Crippen molar-refractivity contribution in [3.63, 3.8) is 0 Å². The maximum atomic E-state index is 10.3. The number of hydrogen-bond donors (Lipinski definition) is 1. The van der Waals surface area contributed by atoms with Crippen molar-refractivity contribution in [2.75, 3.05) is 13.7 Å². The molecule has 0 saturated heterocycles. The van der Waals surface area contributed by atoms with E-state index in [0.29, 0.717) is 13.0 Å². The largest absolute Gasteiger partial charge is 0.496 e. The predicted molar refractivity (Wildman–Crippen MR) is 80.7 cm³/mol. The van der Waals surface area contributed by atoms with Crippen molar-refractivity contribution in [1.29, 1.82) is 0 Å².